The highest BCUT2D eigenvalue weighted by molar-refractivity contribution is 6.38. The van der Waals surface area contributed by atoms with Gasteiger partial charge in [0.05, 0.1) is 24.8 Å². The maximum Gasteiger partial charge on any atom is 0.328 e. The number of likely N-dealkylation sites (tertiary alicyclic amines) is 1. The van der Waals surface area contributed by atoms with Gasteiger partial charge in [-0.1, -0.05) is 74.3 Å². The molecule has 0 bridgehead atoms. The molecule has 1 aromatic heterocycles. The molecule has 1 aromatic rings. The fraction of sp³-hybridized carbons (Fsp3) is 0.714. The van der Waals surface area contributed by atoms with Crippen molar-refractivity contribution in [1.82, 2.24) is 35.3 Å². The van der Waals surface area contributed by atoms with Crippen LogP contribution in [-0.2, 0) is 25.7 Å². The summed E-state index contributed by atoms with van der Waals surface area (Å²) in [7, 11) is 1.58. The highest BCUT2D eigenvalue weighted by Gasteiger charge is 2.70. The van der Waals surface area contributed by atoms with Crippen LogP contribution in [0.1, 0.15) is 74.7 Å². The topological polar surface area (TPSA) is 186 Å². The number of aromatic amines is 1. The maximum absolute atomic E-state index is 14.5. The Bertz CT molecular complexity index is 1530. The molecule has 5 amide bonds. The van der Waals surface area contributed by atoms with Gasteiger partial charge in [-0.25, -0.2) is 9.59 Å². The number of Topliss-reactive ketones (excluding diaryl/α,β-unsaturated/α-hetero) is 1. The lowest BCUT2D eigenvalue weighted by Gasteiger charge is -2.41. The molecule has 1 saturated heterocycles. The fourth-order valence-electron chi connectivity index (χ4n) is 7.29. The molecule has 1 aliphatic heterocycles. The number of hydrogen-bond donors (Lipinski definition) is 5. The molecule has 14 nitrogen and oxygen atoms in total. The second kappa shape index (κ2) is 13.7. The second-order valence-electron chi connectivity index (χ2n) is 16.8. The van der Waals surface area contributed by atoms with Crippen molar-refractivity contribution >= 4 is 29.5 Å². The van der Waals surface area contributed by atoms with Gasteiger partial charge in [-0.15, -0.1) is 6.58 Å². The molecule has 1 unspecified atom stereocenters. The first kappa shape index (κ1) is 37.7. The average Bonchev–Trinajstić information content (AvgIpc) is 3.80. The number of ketones is 1. The van der Waals surface area contributed by atoms with Gasteiger partial charge in [0.25, 0.3) is 5.91 Å². The first-order chi connectivity index (χ1) is 22.6. The monoisotopic (exact) mass is 685 g/mol. The van der Waals surface area contributed by atoms with Crippen LogP contribution in [0.25, 0.3) is 0 Å². The third-order valence-corrected chi connectivity index (χ3v) is 10.7. The molecule has 4 rings (SSSR count). The quantitative estimate of drug-likeness (QED) is 0.155. The minimum Gasteiger partial charge on any atom is -0.493 e. The Hall–Kier alpha value is -4.10. The number of carbonyl (C=O) groups is 5. The van der Waals surface area contributed by atoms with Gasteiger partial charge in [-0.05, 0) is 40.4 Å². The number of urea groups is 1. The minimum atomic E-state index is -1.03. The molecule has 3 aliphatic rings. The van der Waals surface area contributed by atoms with Crippen molar-refractivity contribution in [2.75, 3.05) is 20.1 Å². The fourth-order valence-corrected chi connectivity index (χ4v) is 7.29. The van der Waals surface area contributed by atoms with E-state index in [-0.39, 0.29) is 42.1 Å². The van der Waals surface area contributed by atoms with Gasteiger partial charge in [-0.3, -0.25) is 23.7 Å². The van der Waals surface area contributed by atoms with Gasteiger partial charge in [0, 0.05) is 20.1 Å². The number of aromatic hydroxyl groups is 1. The zero-order valence-corrected chi connectivity index (χ0v) is 30.4. The highest BCUT2D eigenvalue weighted by atomic mass is 16.3. The van der Waals surface area contributed by atoms with Crippen molar-refractivity contribution in [3.05, 3.63) is 29.3 Å². The smallest absolute Gasteiger partial charge is 0.328 e. The average molecular weight is 686 g/mol. The van der Waals surface area contributed by atoms with E-state index in [1.165, 1.54) is 22.1 Å². The van der Waals surface area contributed by atoms with Crippen LogP contribution in [0.4, 0.5) is 4.79 Å². The Balaban J connectivity index is 1.57. The number of hydrogen-bond acceptors (Lipinski definition) is 7. The SMILES string of the molecule is C=CCNC(=O)C(=O)C(CC1CC1)NC(=O)[C@@H]1[C@@H]2[C@H](CN1C(=O)[C@@H](NC(=O)N(C)[C@H](Cn1c(O)c[nH]c1=O)C(C)(C)C)C(C)(C)C)C2(C)C. The Morgan fingerprint density at radius 3 is 2.24 bits per heavy atom. The number of imidazole rings is 1. The molecule has 5 N–H and O–H groups in total. The van der Waals surface area contributed by atoms with E-state index < -0.39 is 70.2 Å². The molecule has 49 heavy (non-hydrogen) atoms. The first-order valence-corrected chi connectivity index (χ1v) is 17.2. The Labute approximate surface area is 288 Å². The van der Waals surface area contributed by atoms with Crippen LogP contribution >= 0.6 is 0 Å². The molecule has 14 heteroatoms. The van der Waals surface area contributed by atoms with Gasteiger partial charge in [-0.2, -0.15) is 0 Å². The third kappa shape index (κ3) is 8.04. The molecule has 0 spiro atoms. The van der Waals surface area contributed by atoms with Gasteiger partial charge in [0.2, 0.25) is 23.5 Å². The van der Waals surface area contributed by atoms with Crippen molar-refractivity contribution in [3.63, 3.8) is 0 Å². The number of amides is 5. The summed E-state index contributed by atoms with van der Waals surface area (Å²) >= 11 is 0. The number of fused-ring (bicyclic) bond motifs is 1. The number of piperidine rings is 1. The van der Waals surface area contributed by atoms with E-state index in [1.54, 1.807) is 7.05 Å². The summed E-state index contributed by atoms with van der Waals surface area (Å²) < 4.78 is 1.15. The minimum absolute atomic E-state index is 0.00882. The van der Waals surface area contributed by atoms with Crippen LogP contribution in [0.5, 0.6) is 5.88 Å². The molecular weight excluding hydrogens is 630 g/mol. The molecular formula is C35H55N7O7. The first-order valence-electron chi connectivity index (χ1n) is 17.2. The number of nitrogens with zero attached hydrogens (tertiary/aromatic N) is 3. The van der Waals surface area contributed by atoms with Crippen molar-refractivity contribution in [2.24, 2.45) is 34.0 Å². The summed E-state index contributed by atoms with van der Waals surface area (Å²) in [5.74, 6) is -2.54. The number of nitrogens with one attached hydrogen (secondary N) is 4. The number of carbonyl (C=O) groups excluding carboxylic acids is 5. The van der Waals surface area contributed by atoms with E-state index in [9.17, 15) is 33.9 Å². The third-order valence-electron chi connectivity index (χ3n) is 10.7. The summed E-state index contributed by atoms with van der Waals surface area (Å²) in [5, 5.41) is 18.5. The zero-order chi connectivity index (χ0) is 36.8. The summed E-state index contributed by atoms with van der Waals surface area (Å²) in [6.45, 7) is 19.3. The molecule has 2 heterocycles. The van der Waals surface area contributed by atoms with Crippen LogP contribution in [0.15, 0.2) is 23.6 Å². The zero-order valence-electron chi connectivity index (χ0n) is 30.4. The largest absolute Gasteiger partial charge is 0.493 e. The molecule has 3 fully saturated rings. The lowest BCUT2D eigenvalue weighted by atomic mass is 9.84. The highest BCUT2D eigenvalue weighted by Crippen LogP contribution is 2.65. The lowest BCUT2D eigenvalue weighted by molar-refractivity contribution is -0.145. The number of likely N-dealkylation sites (N-methyl/N-ethyl adjacent to an activating group) is 1. The van der Waals surface area contributed by atoms with Crippen LogP contribution in [-0.4, -0.2) is 98.3 Å². The van der Waals surface area contributed by atoms with Gasteiger partial charge < -0.3 is 35.8 Å². The maximum atomic E-state index is 14.5. The van der Waals surface area contributed by atoms with Crippen LogP contribution in [0, 0.1) is 34.0 Å². The van der Waals surface area contributed by atoms with E-state index in [1.807, 2.05) is 41.5 Å². The summed E-state index contributed by atoms with van der Waals surface area (Å²) in [4.78, 5) is 86.0. The van der Waals surface area contributed by atoms with Gasteiger partial charge in [0.15, 0.2) is 0 Å². The molecule has 2 aliphatic carbocycles. The van der Waals surface area contributed by atoms with E-state index in [2.05, 4.69) is 41.4 Å². The predicted molar refractivity (Wildman–Crippen MR) is 183 cm³/mol. The Kier molecular flexibility index (Phi) is 10.5. The molecule has 2 saturated carbocycles. The van der Waals surface area contributed by atoms with Crippen molar-refractivity contribution < 1.29 is 29.1 Å². The molecule has 272 valence electrons. The Morgan fingerprint density at radius 2 is 1.73 bits per heavy atom. The normalized spacial score (nSPS) is 23.0. The van der Waals surface area contributed by atoms with E-state index in [0.29, 0.717) is 13.0 Å². The van der Waals surface area contributed by atoms with Crippen molar-refractivity contribution in [2.45, 2.75) is 105 Å². The predicted octanol–water partition coefficient (Wildman–Crippen LogP) is 1.99. The van der Waals surface area contributed by atoms with Crippen LogP contribution in [0.3, 0.4) is 0 Å². The number of H-pyrrole nitrogens is 1. The number of rotatable bonds is 13. The Morgan fingerprint density at radius 1 is 1.10 bits per heavy atom. The summed E-state index contributed by atoms with van der Waals surface area (Å²) in [6, 6.07) is -4.05. The standard InChI is InChI=1S/C35H55N7O7/c1-11-14-36-29(46)26(44)21(15-19-12-13-19)38-28(45)25-24-20(35(24,8)9)17-42(25)30(47)27(34(5,6)7)39-32(49)40(10)22(33(2,3)4)18-41-23(43)16-37-31(41)48/h11,16,19-22,24-25,27,43H,1,12-15,17-18H2,2-10H3,(H,36,46)(H,37,48)(H,38,45)(H,39,49)/t20-,21?,22+,24-,25-,27+/m0/s1. The molecule has 0 radical (unpaired) electrons. The lowest BCUT2D eigenvalue weighted by Crippen LogP contribution is -2.62. The molecule has 0 aromatic carbocycles. The van der Waals surface area contributed by atoms with Crippen LogP contribution in [0.2, 0.25) is 0 Å². The van der Waals surface area contributed by atoms with Gasteiger partial charge >= 0.3 is 11.7 Å². The van der Waals surface area contributed by atoms with Crippen LogP contribution < -0.4 is 21.6 Å². The van der Waals surface area contributed by atoms with Crippen molar-refractivity contribution in [1.29, 1.82) is 0 Å². The second-order valence-corrected chi connectivity index (χ2v) is 16.8. The summed E-state index contributed by atoms with van der Waals surface area (Å²) in [5.41, 5.74) is -2.02. The van der Waals surface area contributed by atoms with Gasteiger partial charge in [0.1, 0.15) is 12.1 Å². The van der Waals surface area contributed by atoms with Crippen molar-refractivity contribution in [3.8, 4) is 5.88 Å². The van der Waals surface area contributed by atoms with E-state index in [0.717, 1.165) is 17.4 Å². The number of aromatic nitrogens is 2. The summed E-state index contributed by atoms with van der Waals surface area (Å²) in [6.07, 6.45) is 4.84. The van der Waals surface area contributed by atoms with E-state index >= 15 is 0 Å². The molecule has 6 atom stereocenters. The van der Waals surface area contributed by atoms with E-state index in [4.69, 9.17) is 0 Å².